The number of hydrogen-bond acceptors (Lipinski definition) is 3. The lowest BCUT2D eigenvalue weighted by Gasteiger charge is -2.31. The summed E-state index contributed by atoms with van der Waals surface area (Å²) in [6.45, 7) is 1.08. The molecule has 1 aliphatic heterocycles. The number of piperidine rings is 1. The molecule has 1 aliphatic rings. The van der Waals surface area contributed by atoms with Crippen molar-refractivity contribution < 1.29 is 8.42 Å². The molecule has 21 heavy (non-hydrogen) atoms. The van der Waals surface area contributed by atoms with Gasteiger partial charge in [0.25, 0.3) is 0 Å². The molecule has 2 rings (SSSR count). The van der Waals surface area contributed by atoms with Gasteiger partial charge in [-0.1, -0.05) is 29.3 Å². The number of nitrogens with one attached hydrogen (secondary N) is 1. The first kappa shape index (κ1) is 19.0. The smallest absolute Gasteiger partial charge is 0.218 e. The Hall–Kier alpha value is -0.0400. The average molecular weight is 374 g/mol. The Morgan fingerprint density at radius 2 is 1.76 bits per heavy atom. The summed E-state index contributed by atoms with van der Waals surface area (Å²) < 4.78 is 26.4. The van der Waals surface area contributed by atoms with Crippen molar-refractivity contribution in [2.24, 2.45) is 0 Å². The summed E-state index contributed by atoms with van der Waals surface area (Å²) >= 11 is 12.1. The molecule has 0 aliphatic carbocycles. The van der Waals surface area contributed by atoms with Crippen LogP contribution in [0.15, 0.2) is 18.2 Å². The van der Waals surface area contributed by atoms with Gasteiger partial charge >= 0.3 is 0 Å². The number of halogens is 3. The number of sulfonamides is 1. The predicted octanol–water partition coefficient (Wildman–Crippen LogP) is 2.93. The third-order valence-electron chi connectivity index (χ3n) is 3.64. The van der Waals surface area contributed by atoms with Crippen molar-refractivity contribution in [2.75, 3.05) is 20.1 Å². The number of benzene rings is 1. The maximum atomic E-state index is 12.4. The molecule has 120 valence electrons. The van der Waals surface area contributed by atoms with Gasteiger partial charge in [0.15, 0.2) is 0 Å². The van der Waals surface area contributed by atoms with Crippen LogP contribution in [0, 0.1) is 0 Å². The highest BCUT2D eigenvalue weighted by atomic mass is 35.5. The third kappa shape index (κ3) is 4.71. The largest absolute Gasteiger partial charge is 0.317 e. The van der Waals surface area contributed by atoms with Gasteiger partial charge in [-0.25, -0.2) is 12.7 Å². The molecule has 0 radical (unpaired) electrons. The summed E-state index contributed by atoms with van der Waals surface area (Å²) in [5, 5.41) is 3.97. The molecule has 0 amide bonds. The van der Waals surface area contributed by atoms with Crippen LogP contribution in [0.4, 0.5) is 0 Å². The van der Waals surface area contributed by atoms with Crippen molar-refractivity contribution in [3.05, 3.63) is 33.8 Å². The summed E-state index contributed by atoms with van der Waals surface area (Å²) in [5.41, 5.74) is 0.478. The zero-order chi connectivity index (χ0) is 14.8. The van der Waals surface area contributed by atoms with E-state index < -0.39 is 10.0 Å². The summed E-state index contributed by atoms with van der Waals surface area (Å²) in [5.74, 6) is -0.143. The molecule has 0 atom stereocenters. The van der Waals surface area contributed by atoms with Gasteiger partial charge in [-0.05, 0) is 32.0 Å². The zero-order valence-corrected chi connectivity index (χ0v) is 14.8. The molecule has 0 saturated carbocycles. The molecule has 8 heteroatoms. The molecule has 0 aromatic heterocycles. The van der Waals surface area contributed by atoms with Gasteiger partial charge in [0, 0.05) is 34.7 Å². The number of rotatable bonds is 4. The minimum absolute atomic E-state index is 0. The van der Waals surface area contributed by atoms with Crippen molar-refractivity contribution in [1.29, 1.82) is 0 Å². The predicted molar refractivity (Wildman–Crippen MR) is 90.0 cm³/mol. The topological polar surface area (TPSA) is 49.4 Å². The number of nitrogens with zero attached hydrogens (tertiary/aromatic N) is 1. The lowest BCUT2D eigenvalue weighted by Crippen LogP contribution is -2.44. The van der Waals surface area contributed by atoms with E-state index in [0.717, 1.165) is 12.8 Å². The zero-order valence-electron chi connectivity index (χ0n) is 11.7. The third-order valence-corrected chi connectivity index (χ3v) is 6.16. The Kier molecular flexibility index (Phi) is 7.24. The van der Waals surface area contributed by atoms with E-state index in [1.54, 1.807) is 18.2 Å². The quantitative estimate of drug-likeness (QED) is 0.883. The fourth-order valence-electron chi connectivity index (χ4n) is 2.37. The van der Waals surface area contributed by atoms with Crippen LogP contribution in [0.3, 0.4) is 0 Å². The first-order valence-electron chi connectivity index (χ1n) is 6.52. The average Bonchev–Trinajstić information content (AvgIpc) is 2.43. The first-order chi connectivity index (χ1) is 9.44. The number of hydrogen-bond donors (Lipinski definition) is 1. The second-order valence-corrected chi connectivity index (χ2v) is 7.70. The van der Waals surface area contributed by atoms with Gasteiger partial charge in [-0.3, -0.25) is 0 Å². The molecular weight excluding hydrogens is 355 g/mol. The fourth-order valence-corrected chi connectivity index (χ4v) is 4.68. The molecule has 1 heterocycles. The van der Waals surface area contributed by atoms with E-state index in [1.165, 1.54) is 4.31 Å². The molecule has 1 N–H and O–H groups in total. The Labute approximate surface area is 142 Å². The molecule has 1 aromatic rings. The van der Waals surface area contributed by atoms with Crippen LogP contribution in [0.5, 0.6) is 0 Å². The maximum Gasteiger partial charge on any atom is 0.218 e. The summed E-state index contributed by atoms with van der Waals surface area (Å²) in [6, 6.07) is 5.42. The van der Waals surface area contributed by atoms with E-state index in [1.807, 2.05) is 7.05 Å². The van der Waals surface area contributed by atoms with E-state index in [4.69, 9.17) is 23.2 Å². The van der Waals surface area contributed by atoms with Crippen LogP contribution in [0.25, 0.3) is 0 Å². The Balaban J connectivity index is 0.00000220. The minimum Gasteiger partial charge on any atom is -0.317 e. The van der Waals surface area contributed by atoms with E-state index in [-0.39, 0.29) is 18.2 Å². The summed E-state index contributed by atoms with van der Waals surface area (Å²) in [7, 11) is -1.48. The lowest BCUT2D eigenvalue weighted by atomic mass is 10.1. The van der Waals surface area contributed by atoms with Gasteiger partial charge in [0.1, 0.15) is 0 Å². The van der Waals surface area contributed by atoms with Crippen LogP contribution in [0.1, 0.15) is 18.4 Å². The second-order valence-electron chi connectivity index (χ2n) is 4.92. The van der Waals surface area contributed by atoms with Crippen molar-refractivity contribution >= 4 is 45.6 Å². The van der Waals surface area contributed by atoms with Gasteiger partial charge < -0.3 is 5.32 Å². The van der Waals surface area contributed by atoms with Crippen LogP contribution in [-0.4, -0.2) is 38.9 Å². The Morgan fingerprint density at radius 3 is 2.24 bits per heavy atom. The summed E-state index contributed by atoms with van der Waals surface area (Å²) in [6.07, 6.45) is 1.65. The molecule has 4 nitrogen and oxygen atoms in total. The molecular formula is C13H19Cl3N2O2S. The molecule has 1 fully saturated rings. The highest BCUT2D eigenvalue weighted by Crippen LogP contribution is 2.28. The SMILES string of the molecule is CNC1CCN(S(=O)(=O)Cc2c(Cl)cccc2Cl)CC1.Cl. The second kappa shape index (κ2) is 7.99. The summed E-state index contributed by atoms with van der Waals surface area (Å²) in [4.78, 5) is 0. The van der Waals surface area contributed by atoms with Crippen molar-refractivity contribution in [1.82, 2.24) is 9.62 Å². The lowest BCUT2D eigenvalue weighted by molar-refractivity contribution is 0.298. The van der Waals surface area contributed by atoms with E-state index in [0.29, 0.717) is 34.7 Å². The minimum atomic E-state index is -3.38. The van der Waals surface area contributed by atoms with E-state index >= 15 is 0 Å². The highest BCUT2D eigenvalue weighted by molar-refractivity contribution is 7.88. The highest BCUT2D eigenvalue weighted by Gasteiger charge is 2.28. The Morgan fingerprint density at radius 1 is 1.24 bits per heavy atom. The normalized spacial score (nSPS) is 17.5. The maximum absolute atomic E-state index is 12.4. The fraction of sp³-hybridized carbons (Fsp3) is 0.538. The van der Waals surface area contributed by atoms with Gasteiger partial charge in [0.2, 0.25) is 10.0 Å². The van der Waals surface area contributed by atoms with Crippen LogP contribution >= 0.6 is 35.6 Å². The van der Waals surface area contributed by atoms with Gasteiger partial charge in [-0.2, -0.15) is 0 Å². The monoisotopic (exact) mass is 372 g/mol. The van der Waals surface area contributed by atoms with Gasteiger partial charge in [0.05, 0.1) is 5.75 Å². The standard InChI is InChI=1S/C13H18Cl2N2O2S.ClH/c1-16-10-5-7-17(8-6-10)20(18,19)9-11-12(14)3-2-4-13(11)15;/h2-4,10,16H,5-9H2,1H3;1H. The van der Waals surface area contributed by atoms with Crippen molar-refractivity contribution in [2.45, 2.75) is 24.6 Å². The van der Waals surface area contributed by atoms with Crippen LogP contribution < -0.4 is 5.32 Å². The molecule has 0 unspecified atom stereocenters. The van der Waals surface area contributed by atoms with E-state index in [9.17, 15) is 8.42 Å². The van der Waals surface area contributed by atoms with Crippen molar-refractivity contribution in [3.8, 4) is 0 Å². The molecule has 0 spiro atoms. The van der Waals surface area contributed by atoms with Crippen LogP contribution in [0.2, 0.25) is 10.0 Å². The van der Waals surface area contributed by atoms with E-state index in [2.05, 4.69) is 5.32 Å². The van der Waals surface area contributed by atoms with Gasteiger partial charge in [-0.15, -0.1) is 12.4 Å². The molecule has 1 aromatic carbocycles. The first-order valence-corrected chi connectivity index (χ1v) is 8.88. The van der Waals surface area contributed by atoms with Crippen LogP contribution in [-0.2, 0) is 15.8 Å². The Bertz CT molecular complexity index is 553. The van der Waals surface area contributed by atoms with Crippen molar-refractivity contribution in [3.63, 3.8) is 0 Å². The molecule has 1 saturated heterocycles. The molecule has 0 bridgehead atoms.